The summed E-state index contributed by atoms with van der Waals surface area (Å²) in [6.45, 7) is 1.43. The zero-order valence-electron chi connectivity index (χ0n) is 14.1. The Kier molecular flexibility index (Phi) is 5.17. The molecule has 0 aliphatic carbocycles. The molecule has 3 nitrogen and oxygen atoms in total. The van der Waals surface area contributed by atoms with Crippen LogP contribution in [0, 0.1) is 11.3 Å². The fraction of sp³-hybridized carbons (Fsp3) is 0.0952. The first kappa shape index (κ1) is 16.8. The highest BCUT2D eigenvalue weighted by Gasteiger charge is 2.04. The van der Waals surface area contributed by atoms with Gasteiger partial charge in [0.2, 0.25) is 0 Å². The number of fused-ring (bicyclic) bond motifs is 4. The summed E-state index contributed by atoms with van der Waals surface area (Å²) < 4.78 is 7.91. The highest BCUT2D eigenvalue weighted by atomic mass is 32.1. The van der Waals surface area contributed by atoms with Crippen LogP contribution in [0.3, 0.4) is 0 Å². The maximum atomic E-state index is 7.32. The van der Waals surface area contributed by atoms with Crippen LogP contribution in [0.4, 0.5) is 0 Å². The summed E-state index contributed by atoms with van der Waals surface area (Å²) in [5.74, 6) is 0.893. The summed E-state index contributed by atoms with van der Waals surface area (Å²) in [5.41, 5.74) is 2.19. The van der Waals surface area contributed by atoms with Crippen molar-refractivity contribution in [3.63, 3.8) is 0 Å². The van der Waals surface area contributed by atoms with Crippen molar-refractivity contribution in [3.05, 3.63) is 66.7 Å². The highest BCUT2D eigenvalue weighted by molar-refractivity contribution is 7.24. The zero-order valence-corrected chi connectivity index (χ0v) is 14.9. The molecule has 4 rings (SSSR count). The first-order chi connectivity index (χ1) is 12.3. The number of rotatable bonds is 1. The van der Waals surface area contributed by atoms with Crippen molar-refractivity contribution in [2.75, 3.05) is 7.11 Å². The third-order valence-electron chi connectivity index (χ3n) is 3.78. The number of H-pyrrole nitrogens is 1. The number of nitrogens with one attached hydrogen (secondary N) is 1. The zero-order chi connectivity index (χ0) is 17.6. The molecule has 0 saturated carbocycles. The maximum absolute atomic E-state index is 7.32. The fourth-order valence-electron chi connectivity index (χ4n) is 2.74. The number of hydrogen-bond acceptors (Lipinski definition) is 3. The van der Waals surface area contributed by atoms with E-state index in [1.807, 2.05) is 12.1 Å². The number of ether oxygens (including phenoxy) is 1. The number of nitriles is 1. The van der Waals surface area contributed by atoms with Gasteiger partial charge in [-0.3, -0.25) is 0 Å². The molecule has 4 aromatic rings. The van der Waals surface area contributed by atoms with Gasteiger partial charge < -0.3 is 9.72 Å². The second-order valence-corrected chi connectivity index (χ2v) is 6.38. The first-order valence-corrected chi connectivity index (χ1v) is 8.71. The van der Waals surface area contributed by atoms with Crippen LogP contribution in [0.25, 0.3) is 31.2 Å². The highest BCUT2D eigenvalue weighted by Crippen LogP contribution is 2.33. The van der Waals surface area contributed by atoms with Crippen LogP contribution < -0.4 is 4.74 Å². The number of hydrogen-bond donors (Lipinski definition) is 1. The molecule has 0 spiro atoms. The predicted molar refractivity (Wildman–Crippen MR) is 107 cm³/mol. The molecule has 0 aliphatic rings. The van der Waals surface area contributed by atoms with E-state index in [1.165, 1.54) is 22.4 Å². The Bertz CT molecular complexity index is 1120. The Labute approximate surface area is 150 Å². The average Bonchev–Trinajstić information content (AvgIpc) is 2.63. The molecule has 0 aliphatic heterocycles. The minimum atomic E-state index is 0.893. The van der Waals surface area contributed by atoms with Gasteiger partial charge in [0.05, 0.1) is 23.4 Å². The number of para-hydroxylation sites is 1. The molecule has 0 unspecified atom stereocenters. The third kappa shape index (κ3) is 3.42. The van der Waals surface area contributed by atoms with E-state index >= 15 is 0 Å². The van der Waals surface area contributed by atoms with Crippen LogP contribution in [-0.2, 0) is 0 Å². The molecule has 0 bridgehead atoms. The topological polar surface area (TPSA) is 48.8 Å². The number of aromatic amines is 1. The van der Waals surface area contributed by atoms with Crippen LogP contribution >= 0.6 is 11.3 Å². The molecular weight excluding hydrogens is 328 g/mol. The Balaban J connectivity index is 0.000000569. The van der Waals surface area contributed by atoms with E-state index in [0.717, 1.165) is 21.5 Å². The smallest absolute Gasteiger partial charge is 0.138 e. The number of aromatic nitrogens is 1. The standard InChI is InChI=1S/C19H15NOS.C2H3N/c1-21-17-11-6-10-16-19(17)22-18-12-5-3-8-14(18)13-7-2-4-9-15(13)20-16;1-2-3/h2-12,20H,1H3;1H3. The van der Waals surface area contributed by atoms with E-state index in [-0.39, 0.29) is 0 Å². The SMILES string of the molecule is CC#N.COc1cccc2[nH]c3ccccc3c3ccccc3sc12. The minimum Gasteiger partial charge on any atom is -0.495 e. The Hall–Kier alpha value is -3.03. The molecule has 25 heavy (non-hydrogen) atoms. The van der Waals surface area contributed by atoms with E-state index in [2.05, 4.69) is 59.6 Å². The lowest BCUT2D eigenvalue weighted by Gasteiger charge is -2.06. The van der Waals surface area contributed by atoms with Crippen molar-refractivity contribution < 1.29 is 4.74 Å². The molecule has 1 N–H and O–H groups in total. The van der Waals surface area contributed by atoms with Crippen molar-refractivity contribution >= 4 is 42.5 Å². The molecule has 0 saturated heterocycles. The second kappa shape index (κ2) is 7.69. The summed E-state index contributed by atoms with van der Waals surface area (Å²) in [6, 6.07) is 24.8. The van der Waals surface area contributed by atoms with Crippen LogP contribution in [0.15, 0.2) is 66.7 Å². The quantitative estimate of drug-likeness (QED) is 0.446. The van der Waals surface area contributed by atoms with Crippen molar-refractivity contribution in [3.8, 4) is 11.8 Å². The normalized spacial score (nSPS) is 9.96. The average molecular weight is 346 g/mol. The molecule has 0 radical (unpaired) electrons. The van der Waals surface area contributed by atoms with Crippen molar-refractivity contribution in [1.82, 2.24) is 4.98 Å². The van der Waals surface area contributed by atoms with Gasteiger partial charge in [-0.1, -0.05) is 42.5 Å². The van der Waals surface area contributed by atoms with Gasteiger partial charge >= 0.3 is 0 Å². The van der Waals surface area contributed by atoms with Crippen molar-refractivity contribution in [1.29, 1.82) is 5.26 Å². The Morgan fingerprint density at radius 3 is 2.28 bits per heavy atom. The first-order valence-electron chi connectivity index (χ1n) is 7.89. The summed E-state index contributed by atoms with van der Waals surface area (Å²) >= 11 is 1.74. The minimum absolute atomic E-state index is 0.893. The van der Waals surface area contributed by atoms with Crippen LogP contribution in [0.5, 0.6) is 5.75 Å². The maximum Gasteiger partial charge on any atom is 0.138 e. The van der Waals surface area contributed by atoms with Gasteiger partial charge in [-0.25, -0.2) is 0 Å². The number of benzene rings is 3. The molecule has 0 atom stereocenters. The molecule has 1 heterocycles. The monoisotopic (exact) mass is 346 g/mol. The Morgan fingerprint density at radius 2 is 1.52 bits per heavy atom. The van der Waals surface area contributed by atoms with Gasteiger partial charge in [-0.05, 0) is 24.3 Å². The van der Waals surface area contributed by atoms with Crippen LogP contribution in [-0.4, -0.2) is 12.1 Å². The number of methoxy groups -OCH3 is 1. The van der Waals surface area contributed by atoms with Gasteiger partial charge in [-0.15, -0.1) is 11.3 Å². The lowest BCUT2D eigenvalue weighted by atomic mass is 10.1. The van der Waals surface area contributed by atoms with Crippen LogP contribution in [0.2, 0.25) is 0 Å². The largest absolute Gasteiger partial charge is 0.495 e. The molecule has 4 heteroatoms. The lowest BCUT2D eigenvalue weighted by molar-refractivity contribution is 0.420. The van der Waals surface area contributed by atoms with Gasteiger partial charge in [0.15, 0.2) is 0 Å². The molecule has 1 aromatic heterocycles. The molecule has 124 valence electrons. The van der Waals surface area contributed by atoms with Crippen LogP contribution in [0.1, 0.15) is 6.92 Å². The van der Waals surface area contributed by atoms with E-state index in [0.29, 0.717) is 0 Å². The fourth-order valence-corrected chi connectivity index (χ4v) is 3.88. The predicted octanol–water partition coefficient (Wildman–Crippen LogP) is 6.20. The van der Waals surface area contributed by atoms with Gasteiger partial charge in [-0.2, -0.15) is 5.26 Å². The van der Waals surface area contributed by atoms with Gasteiger partial charge in [0, 0.05) is 27.9 Å². The molecule has 3 aromatic carbocycles. The second-order valence-electron chi connectivity index (χ2n) is 5.33. The van der Waals surface area contributed by atoms with E-state index < -0.39 is 0 Å². The molecule has 0 amide bonds. The van der Waals surface area contributed by atoms with E-state index in [4.69, 9.17) is 10.00 Å². The summed E-state index contributed by atoms with van der Waals surface area (Å²) in [5, 5.41) is 9.78. The van der Waals surface area contributed by atoms with Crippen molar-refractivity contribution in [2.24, 2.45) is 0 Å². The summed E-state index contributed by atoms with van der Waals surface area (Å²) in [4.78, 5) is 3.56. The van der Waals surface area contributed by atoms with Gasteiger partial charge in [0.1, 0.15) is 5.75 Å². The summed E-state index contributed by atoms with van der Waals surface area (Å²) in [6.07, 6.45) is 0. The third-order valence-corrected chi connectivity index (χ3v) is 4.99. The molecule has 0 fully saturated rings. The van der Waals surface area contributed by atoms with Crippen molar-refractivity contribution in [2.45, 2.75) is 6.92 Å². The molecular formula is C21H18N2OS. The van der Waals surface area contributed by atoms with Gasteiger partial charge in [0.25, 0.3) is 0 Å². The Morgan fingerprint density at radius 1 is 0.880 bits per heavy atom. The van der Waals surface area contributed by atoms with E-state index in [9.17, 15) is 0 Å². The lowest BCUT2D eigenvalue weighted by Crippen LogP contribution is -1.85. The number of nitrogens with zero attached hydrogens (tertiary/aromatic N) is 1. The van der Waals surface area contributed by atoms with E-state index in [1.54, 1.807) is 24.5 Å². The summed E-state index contributed by atoms with van der Waals surface area (Å²) in [7, 11) is 1.72.